The number of rotatable bonds is 45. The van der Waals surface area contributed by atoms with Crippen LogP contribution in [0.1, 0.15) is 264 Å². The topological polar surface area (TPSA) is 95.9 Å². The predicted molar refractivity (Wildman–Crippen MR) is 237 cm³/mol. The van der Waals surface area contributed by atoms with Gasteiger partial charge in [0.25, 0.3) is 0 Å². The Bertz CT molecular complexity index is 817. The Morgan fingerprint density at radius 2 is 0.855 bits per heavy atom. The molecule has 0 fully saturated rings. The number of nitrogens with one attached hydrogen (secondary N) is 1. The molecular weight excluding hydrogens is 683 g/mol. The molecule has 0 saturated carbocycles. The van der Waals surface area contributed by atoms with Gasteiger partial charge in [0.05, 0.1) is 25.4 Å². The third kappa shape index (κ3) is 42.0. The van der Waals surface area contributed by atoms with Crippen molar-refractivity contribution in [2.75, 3.05) is 13.2 Å². The van der Waals surface area contributed by atoms with Crippen LogP contribution in [0.4, 0.5) is 0 Å². The van der Waals surface area contributed by atoms with Gasteiger partial charge in [-0.05, 0) is 51.4 Å². The first-order chi connectivity index (χ1) is 27.0. The smallest absolute Gasteiger partial charge is 0.305 e. The van der Waals surface area contributed by atoms with E-state index in [4.69, 9.17) is 4.74 Å². The van der Waals surface area contributed by atoms with E-state index in [2.05, 4.69) is 31.3 Å². The molecule has 0 aromatic rings. The number of hydrogen-bond donors (Lipinski definition) is 3. The third-order valence-electron chi connectivity index (χ3n) is 11.3. The summed E-state index contributed by atoms with van der Waals surface area (Å²) < 4.78 is 5.44. The first-order valence-corrected chi connectivity index (χ1v) is 24.4. The monoisotopic (exact) mass is 778 g/mol. The van der Waals surface area contributed by atoms with Crippen LogP contribution < -0.4 is 5.32 Å². The van der Waals surface area contributed by atoms with Crippen molar-refractivity contribution < 1.29 is 24.5 Å². The lowest BCUT2D eigenvalue weighted by molar-refractivity contribution is -0.143. The highest BCUT2D eigenvalue weighted by molar-refractivity contribution is 5.76. The second-order valence-electron chi connectivity index (χ2n) is 16.8. The molecule has 0 radical (unpaired) electrons. The average Bonchev–Trinajstić information content (AvgIpc) is 3.18. The van der Waals surface area contributed by atoms with Gasteiger partial charge in [-0.15, -0.1) is 0 Å². The first-order valence-electron chi connectivity index (χ1n) is 24.4. The molecule has 1 amide bonds. The van der Waals surface area contributed by atoms with Gasteiger partial charge >= 0.3 is 5.97 Å². The summed E-state index contributed by atoms with van der Waals surface area (Å²) >= 11 is 0. The number of ether oxygens (including phenoxy) is 1. The highest BCUT2D eigenvalue weighted by Crippen LogP contribution is 2.16. The zero-order valence-electron chi connectivity index (χ0n) is 36.9. The van der Waals surface area contributed by atoms with E-state index in [1.165, 1.54) is 173 Å². The summed E-state index contributed by atoms with van der Waals surface area (Å²) in [5.74, 6) is -0.0771. The van der Waals surface area contributed by atoms with Gasteiger partial charge in [0.15, 0.2) is 0 Å². The number of hydrogen-bond acceptors (Lipinski definition) is 5. The molecule has 2 atom stereocenters. The van der Waals surface area contributed by atoms with Gasteiger partial charge in [-0.1, -0.05) is 212 Å². The van der Waals surface area contributed by atoms with E-state index < -0.39 is 12.1 Å². The van der Waals surface area contributed by atoms with Crippen LogP contribution in [0, 0.1) is 0 Å². The van der Waals surface area contributed by atoms with Crippen LogP contribution in [0.2, 0.25) is 0 Å². The SMILES string of the molecule is CCCCC/C=C\CCCCCCCC(=O)OCCCCCCCCCCCCCC(=O)NC(CO)C(O)CCCCCCCCCCCCCCCCC. The third-order valence-corrected chi connectivity index (χ3v) is 11.3. The quantitative estimate of drug-likeness (QED) is 0.0325. The van der Waals surface area contributed by atoms with Crippen molar-refractivity contribution in [2.24, 2.45) is 0 Å². The molecule has 0 aromatic heterocycles. The summed E-state index contributed by atoms with van der Waals surface area (Å²) in [5, 5.41) is 23.2. The lowest BCUT2D eigenvalue weighted by Crippen LogP contribution is -2.45. The van der Waals surface area contributed by atoms with Crippen LogP contribution in [0.3, 0.4) is 0 Å². The molecule has 0 spiro atoms. The first kappa shape index (κ1) is 53.6. The van der Waals surface area contributed by atoms with Gasteiger partial charge in [-0.3, -0.25) is 9.59 Å². The molecule has 6 nitrogen and oxygen atoms in total. The molecule has 6 heteroatoms. The van der Waals surface area contributed by atoms with Crippen LogP contribution in [-0.4, -0.2) is 47.4 Å². The maximum absolute atomic E-state index is 12.4. The summed E-state index contributed by atoms with van der Waals surface area (Å²) in [7, 11) is 0. The minimum Gasteiger partial charge on any atom is -0.466 e. The summed E-state index contributed by atoms with van der Waals surface area (Å²) in [4.78, 5) is 24.4. The van der Waals surface area contributed by atoms with Crippen LogP contribution >= 0.6 is 0 Å². The zero-order valence-corrected chi connectivity index (χ0v) is 36.9. The summed E-state index contributed by atoms with van der Waals surface area (Å²) in [6, 6.07) is -0.554. The van der Waals surface area contributed by atoms with E-state index in [0.29, 0.717) is 25.9 Å². The summed E-state index contributed by atoms with van der Waals surface area (Å²) in [6.07, 6.45) is 50.2. The summed E-state index contributed by atoms with van der Waals surface area (Å²) in [5.41, 5.74) is 0. The number of aliphatic hydroxyl groups is 2. The van der Waals surface area contributed by atoms with Crippen molar-refractivity contribution in [1.82, 2.24) is 5.32 Å². The second-order valence-corrected chi connectivity index (χ2v) is 16.8. The highest BCUT2D eigenvalue weighted by atomic mass is 16.5. The van der Waals surface area contributed by atoms with Gasteiger partial charge in [0.2, 0.25) is 5.91 Å². The Hall–Kier alpha value is -1.40. The maximum Gasteiger partial charge on any atom is 0.305 e. The van der Waals surface area contributed by atoms with Crippen LogP contribution in [0.25, 0.3) is 0 Å². The molecular formula is C49H95NO5. The largest absolute Gasteiger partial charge is 0.466 e. The Balaban J connectivity index is 3.48. The molecule has 326 valence electrons. The van der Waals surface area contributed by atoms with Crippen molar-refractivity contribution >= 4 is 11.9 Å². The normalized spacial score (nSPS) is 12.7. The van der Waals surface area contributed by atoms with Crippen molar-refractivity contribution in [3.8, 4) is 0 Å². The minimum absolute atomic E-state index is 0.0236. The standard InChI is InChI=1S/C49H95NO5/c1-3-5-7-9-11-13-15-17-18-19-21-25-29-33-37-41-47(52)46(45-51)50-48(53)42-38-34-30-26-22-20-24-28-32-36-40-44-55-49(54)43-39-35-31-27-23-16-14-12-10-8-6-4-2/h12,14,46-47,51-52H,3-11,13,15-45H2,1-2H3,(H,50,53)/b14-12-. The fourth-order valence-electron chi connectivity index (χ4n) is 7.51. The maximum atomic E-state index is 12.4. The number of allylic oxidation sites excluding steroid dienone is 2. The predicted octanol–water partition coefficient (Wildman–Crippen LogP) is 14.2. The van der Waals surface area contributed by atoms with E-state index in [-0.39, 0.29) is 18.5 Å². The molecule has 0 aliphatic carbocycles. The highest BCUT2D eigenvalue weighted by Gasteiger charge is 2.20. The van der Waals surface area contributed by atoms with E-state index in [1.807, 2.05) is 0 Å². The van der Waals surface area contributed by atoms with Gasteiger partial charge in [0.1, 0.15) is 0 Å². The van der Waals surface area contributed by atoms with Gasteiger partial charge in [0, 0.05) is 12.8 Å². The molecule has 0 bridgehead atoms. The Morgan fingerprint density at radius 3 is 1.33 bits per heavy atom. The van der Waals surface area contributed by atoms with Gasteiger partial charge < -0.3 is 20.3 Å². The van der Waals surface area contributed by atoms with Crippen LogP contribution in [0.5, 0.6) is 0 Å². The zero-order chi connectivity index (χ0) is 40.1. The van der Waals surface area contributed by atoms with Crippen molar-refractivity contribution in [1.29, 1.82) is 0 Å². The molecule has 0 rings (SSSR count). The van der Waals surface area contributed by atoms with Crippen molar-refractivity contribution in [3.63, 3.8) is 0 Å². The summed E-state index contributed by atoms with van der Waals surface area (Å²) in [6.45, 7) is 4.88. The fourth-order valence-corrected chi connectivity index (χ4v) is 7.51. The molecule has 3 N–H and O–H groups in total. The second kappa shape index (κ2) is 45.3. The molecule has 55 heavy (non-hydrogen) atoms. The van der Waals surface area contributed by atoms with Crippen LogP contribution in [-0.2, 0) is 14.3 Å². The van der Waals surface area contributed by atoms with Gasteiger partial charge in [-0.25, -0.2) is 0 Å². The molecule has 0 aromatic carbocycles. The lowest BCUT2D eigenvalue weighted by Gasteiger charge is -2.22. The Kier molecular flexibility index (Phi) is 44.2. The number of amides is 1. The van der Waals surface area contributed by atoms with E-state index in [1.54, 1.807) is 0 Å². The van der Waals surface area contributed by atoms with E-state index in [9.17, 15) is 19.8 Å². The number of esters is 1. The van der Waals surface area contributed by atoms with Crippen LogP contribution in [0.15, 0.2) is 12.2 Å². The van der Waals surface area contributed by atoms with Crippen molar-refractivity contribution in [2.45, 2.75) is 276 Å². The molecule has 0 saturated heterocycles. The van der Waals surface area contributed by atoms with E-state index in [0.717, 1.165) is 57.8 Å². The number of unbranched alkanes of at least 4 members (excludes halogenated alkanes) is 32. The number of aliphatic hydroxyl groups excluding tert-OH is 2. The molecule has 0 aliphatic rings. The van der Waals surface area contributed by atoms with Crippen molar-refractivity contribution in [3.05, 3.63) is 12.2 Å². The Morgan fingerprint density at radius 1 is 0.491 bits per heavy atom. The number of carbonyl (C=O) groups excluding carboxylic acids is 2. The van der Waals surface area contributed by atoms with Gasteiger partial charge in [-0.2, -0.15) is 0 Å². The molecule has 2 unspecified atom stereocenters. The fraction of sp³-hybridized carbons (Fsp3) is 0.918. The minimum atomic E-state index is -0.675. The lowest BCUT2D eigenvalue weighted by atomic mass is 10.0. The number of carbonyl (C=O) groups is 2. The molecule has 0 heterocycles. The van der Waals surface area contributed by atoms with E-state index >= 15 is 0 Å². The average molecular weight is 778 g/mol. The Labute approximate surface area is 342 Å². The molecule has 0 aliphatic heterocycles.